The second kappa shape index (κ2) is 15.0. The Hall–Kier alpha value is -6.46. The summed E-state index contributed by atoms with van der Waals surface area (Å²) >= 11 is 3.69. The van der Waals surface area contributed by atoms with Gasteiger partial charge < -0.3 is 9.80 Å². The fourth-order valence-corrected chi connectivity index (χ4v) is 9.78. The van der Waals surface area contributed by atoms with E-state index in [1.807, 2.05) is 22.7 Å². The second-order valence-corrected chi connectivity index (χ2v) is 16.3. The summed E-state index contributed by atoms with van der Waals surface area (Å²) in [5.41, 5.74) is 11.7. The monoisotopic (exact) mass is 754 g/mol. The standard InChI is InChI=1S/C52H38N2S2/c1-3-13-43(14-4-1)53(47-31-23-39(24-32-47)51-35-41-11-7-9-17-49(41)55-51)45-27-19-37(20-28-45)38-21-29-46(30-22-38)54(44-15-5-2-6-16-44)48-33-25-40(26-34-48)52-36-42-12-8-10-18-50(42)56-52/h1,3-5,7-36H,2,6H2. The van der Waals surface area contributed by atoms with E-state index in [4.69, 9.17) is 0 Å². The van der Waals surface area contributed by atoms with Crippen LogP contribution in [0.1, 0.15) is 12.8 Å². The maximum absolute atomic E-state index is 2.38. The molecular weight excluding hydrogens is 717 g/mol. The summed E-state index contributed by atoms with van der Waals surface area (Å²) in [5, 5.41) is 2.59. The lowest BCUT2D eigenvalue weighted by atomic mass is 10.0. The SMILES string of the molecule is C1=CC(N(c2ccc(-c3ccc(N(c4ccccc4)c4ccc(-c5cc6ccccc6s5)cc4)cc3)cc2)c2ccc(-c3cc4ccccc4s3)cc2)=CCC1. The summed E-state index contributed by atoms with van der Waals surface area (Å²) in [6, 6.07) is 68.4. The Morgan fingerprint density at radius 1 is 0.357 bits per heavy atom. The molecule has 0 atom stereocenters. The van der Waals surface area contributed by atoms with Gasteiger partial charge in [-0.15, -0.1) is 22.7 Å². The molecule has 268 valence electrons. The van der Waals surface area contributed by atoms with Crippen LogP contribution in [0.25, 0.3) is 52.2 Å². The van der Waals surface area contributed by atoms with Crippen LogP contribution in [0.3, 0.4) is 0 Å². The normalized spacial score (nSPS) is 12.5. The van der Waals surface area contributed by atoms with E-state index in [1.165, 1.54) is 57.9 Å². The van der Waals surface area contributed by atoms with Crippen molar-refractivity contribution in [2.24, 2.45) is 0 Å². The van der Waals surface area contributed by atoms with Gasteiger partial charge in [0.2, 0.25) is 0 Å². The first-order chi connectivity index (χ1) is 27.7. The molecule has 0 amide bonds. The molecule has 0 unspecified atom stereocenters. The molecule has 0 aliphatic heterocycles. The lowest BCUT2D eigenvalue weighted by Crippen LogP contribution is -2.16. The van der Waals surface area contributed by atoms with Crippen molar-refractivity contribution < 1.29 is 0 Å². The molecule has 0 saturated carbocycles. The van der Waals surface area contributed by atoms with Crippen molar-refractivity contribution in [1.29, 1.82) is 0 Å². The van der Waals surface area contributed by atoms with Gasteiger partial charge in [-0.05, 0) is 137 Å². The Morgan fingerprint density at radius 2 is 0.768 bits per heavy atom. The van der Waals surface area contributed by atoms with Crippen molar-refractivity contribution in [3.63, 3.8) is 0 Å². The zero-order chi connectivity index (χ0) is 37.3. The first kappa shape index (κ1) is 34.1. The van der Waals surface area contributed by atoms with E-state index in [0.29, 0.717) is 0 Å². The second-order valence-electron chi connectivity index (χ2n) is 14.1. The molecule has 1 aliphatic rings. The fourth-order valence-electron chi connectivity index (χ4n) is 7.64. The zero-order valence-corrected chi connectivity index (χ0v) is 32.4. The lowest BCUT2D eigenvalue weighted by Gasteiger charge is -2.28. The van der Waals surface area contributed by atoms with Gasteiger partial charge in [-0.25, -0.2) is 0 Å². The molecule has 10 rings (SSSR count). The van der Waals surface area contributed by atoms with Gasteiger partial charge >= 0.3 is 0 Å². The number of benzene rings is 7. The Bertz CT molecular complexity index is 2760. The van der Waals surface area contributed by atoms with Crippen molar-refractivity contribution in [2.45, 2.75) is 12.8 Å². The molecule has 0 fully saturated rings. The minimum atomic E-state index is 1.04. The highest BCUT2D eigenvalue weighted by Gasteiger charge is 2.17. The van der Waals surface area contributed by atoms with E-state index < -0.39 is 0 Å². The highest BCUT2D eigenvalue weighted by Crippen LogP contribution is 2.40. The molecule has 0 bridgehead atoms. The van der Waals surface area contributed by atoms with E-state index >= 15 is 0 Å². The molecule has 2 heterocycles. The molecule has 4 heteroatoms. The average molecular weight is 755 g/mol. The van der Waals surface area contributed by atoms with Crippen LogP contribution < -0.4 is 9.80 Å². The Balaban J connectivity index is 0.922. The average Bonchev–Trinajstić information content (AvgIpc) is 3.91. The van der Waals surface area contributed by atoms with Crippen molar-refractivity contribution in [1.82, 2.24) is 0 Å². The number of allylic oxidation sites excluding steroid dienone is 3. The Morgan fingerprint density at radius 3 is 1.21 bits per heavy atom. The number of anilines is 5. The third-order valence-electron chi connectivity index (χ3n) is 10.5. The molecule has 1 aliphatic carbocycles. The van der Waals surface area contributed by atoms with Crippen molar-refractivity contribution in [3.8, 4) is 32.0 Å². The highest BCUT2D eigenvalue weighted by molar-refractivity contribution is 7.22. The van der Waals surface area contributed by atoms with Gasteiger partial charge in [-0.2, -0.15) is 0 Å². The van der Waals surface area contributed by atoms with E-state index in [-0.39, 0.29) is 0 Å². The molecule has 2 nitrogen and oxygen atoms in total. The van der Waals surface area contributed by atoms with Gasteiger partial charge in [-0.3, -0.25) is 0 Å². The van der Waals surface area contributed by atoms with Gasteiger partial charge in [0.25, 0.3) is 0 Å². The quantitative estimate of drug-likeness (QED) is 0.145. The lowest BCUT2D eigenvalue weighted by molar-refractivity contribution is 0.997. The van der Waals surface area contributed by atoms with Gasteiger partial charge in [-0.1, -0.05) is 115 Å². The van der Waals surface area contributed by atoms with Gasteiger partial charge in [0.05, 0.1) is 0 Å². The summed E-state index contributed by atoms with van der Waals surface area (Å²) in [6.45, 7) is 0. The van der Waals surface area contributed by atoms with Crippen molar-refractivity contribution in [3.05, 3.63) is 212 Å². The predicted octanol–water partition coefficient (Wildman–Crippen LogP) is 16.0. The summed E-state index contributed by atoms with van der Waals surface area (Å²) < 4.78 is 2.64. The Labute approximate surface area is 336 Å². The van der Waals surface area contributed by atoms with Crippen LogP contribution >= 0.6 is 22.7 Å². The molecule has 0 N–H and O–H groups in total. The molecule has 0 radical (unpaired) electrons. The number of nitrogens with zero attached hydrogens (tertiary/aromatic N) is 2. The molecule has 56 heavy (non-hydrogen) atoms. The third-order valence-corrected chi connectivity index (χ3v) is 12.8. The number of thiophene rings is 2. The summed E-state index contributed by atoms with van der Waals surface area (Å²) in [6.07, 6.45) is 9.01. The number of fused-ring (bicyclic) bond motifs is 2. The first-order valence-electron chi connectivity index (χ1n) is 19.1. The van der Waals surface area contributed by atoms with Gasteiger partial charge in [0, 0.05) is 53.3 Å². The third kappa shape index (κ3) is 6.75. The smallest absolute Gasteiger partial charge is 0.0462 e. The topological polar surface area (TPSA) is 6.48 Å². The number of hydrogen-bond donors (Lipinski definition) is 0. The van der Waals surface area contributed by atoms with Gasteiger partial charge in [0.15, 0.2) is 0 Å². The zero-order valence-electron chi connectivity index (χ0n) is 30.8. The van der Waals surface area contributed by atoms with Crippen LogP contribution in [0.15, 0.2) is 212 Å². The molecular formula is C52H38N2S2. The number of hydrogen-bond acceptors (Lipinski definition) is 4. The van der Waals surface area contributed by atoms with E-state index in [1.54, 1.807) is 0 Å². The van der Waals surface area contributed by atoms with Crippen LogP contribution in [-0.2, 0) is 0 Å². The van der Waals surface area contributed by atoms with Crippen LogP contribution in [0.5, 0.6) is 0 Å². The minimum absolute atomic E-state index is 1.04. The van der Waals surface area contributed by atoms with Crippen LogP contribution in [0.2, 0.25) is 0 Å². The minimum Gasteiger partial charge on any atom is -0.311 e. The molecule has 9 aromatic rings. The maximum Gasteiger partial charge on any atom is 0.0462 e. The number of rotatable bonds is 9. The van der Waals surface area contributed by atoms with E-state index in [2.05, 4.69) is 216 Å². The van der Waals surface area contributed by atoms with E-state index in [9.17, 15) is 0 Å². The Kier molecular flexibility index (Phi) is 9.12. The van der Waals surface area contributed by atoms with E-state index in [0.717, 1.165) is 41.3 Å². The van der Waals surface area contributed by atoms with Crippen LogP contribution in [0, 0.1) is 0 Å². The summed E-state index contributed by atoms with van der Waals surface area (Å²) in [5.74, 6) is 0. The molecule has 0 saturated heterocycles. The van der Waals surface area contributed by atoms with Crippen molar-refractivity contribution in [2.75, 3.05) is 9.80 Å². The maximum atomic E-state index is 2.38. The molecule has 7 aromatic carbocycles. The fraction of sp³-hybridized carbons (Fsp3) is 0.0385. The molecule has 2 aromatic heterocycles. The number of para-hydroxylation sites is 1. The molecule has 0 spiro atoms. The van der Waals surface area contributed by atoms with Crippen LogP contribution in [-0.4, -0.2) is 0 Å². The van der Waals surface area contributed by atoms with Crippen molar-refractivity contribution >= 4 is 71.3 Å². The summed E-state index contributed by atoms with van der Waals surface area (Å²) in [7, 11) is 0. The highest BCUT2D eigenvalue weighted by atomic mass is 32.1. The summed E-state index contributed by atoms with van der Waals surface area (Å²) in [4.78, 5) is 7.29. The largest absolute Gasteiger partial charge is 0.311 e. The van der Waals surface area contributed by atoms with Crippen LogP contribution in [0.4, 0.5) is 28.4 Å². The predicted molar refractivity (Wildman–Crippen MR) is 243 cm³/mol. The first-order valence-corrected chi connectivity index (χ1v) is 20.8. The van der Waals surface area contributed by atoms with Gasteiger partial charge in [0.1, 0.15) is 0 Å².